The normalized spacial score (nSPS) is 15.3. The predicted molar refractivity (Wildman–Crippen MR) is 83.0 cm³/mol. The van der Waals surface area contributed by atoms with Crippen molar-refractivity contribution in [1.29, 1.82) is 0 Å². The Morgan fingerprint density at radius 1 is 1.26 bits per heavy atom. The summed E-state index contributed by atoms with van der Waals surface area (Å²) in [4.78, 5) is 24.5. The lowest BCUT2D eigenvalue weighted by molar-refractivity contribution is -0.119. The van der Waals surface area contributed by atoms with E-state index in [0.717, 1.165) is 37.5 Å². The van der Waals surface area contributed by atoms with Gasteiger partial charge in [-0.2, -0.15) is 0 Å². The molecule has 23 heavy (non-hydrogen) atoms. The van der Waals surface area contributed by atoms with Gasteiger partial charge >= 0.3 is 6.03 Å². The van der Waals surface area contributed by atoms with Crippen LogP contribution in [0.1, 0.15) is 26.2 Å². The van der Waals surface area contributed by atoms with Crippen LogP contribution in [0.2, 0.25) is 0 Å². The van der Waals surface area contributed by atoms with E-state index in [1.807, 2.05) is 0 Å². The van der Waals surface area contributed by atoms with Crippen molar-refractivity contribution in [3.63, 3.8) is 0 Å². The first-order valence-corrected chi connectivity index (χ1v) is 7.71. The molecule has 1 saturated heterocycles. The SMILES string of the molecule is CC(=O)NCCC1CCN(C(=O)Nc2cc(F)ccc2F)CC1. The number of carbonyl (C=O) groups excluding carboxylic acids is 2. The van der Waals surface area contributed by atoms with Gasteiger partial charge in [0.1, 0.15) is 11.6 Å². The summed E-state index contributed by atoms with van der Waals surface area (Å²) in [6, 6.07) is 2.54. The highest BCUT2D eigenvalue weighted by molar-refractivity contribution is 5.89. The first-order valence-electron chi connectivity index (χ1n) is 7.71. The monoisotopic (exact) mass is 325 g/mol. The van der Waals surface area contributed by atoms with Crippen LogP contribution in [0.3, 0.4) is 0 Å². The van der Waals surface area contributed by atoms with E-state index in [9.17, 15) is 18.4 Å². The Labute approximate surface area is 134 Å². The lowest BCUT2D eigenvalue weighted by Crippen LogP contribution is -2.41. The van der Waals surface area contributed by atoms with Crippen LogP contribution in [0, 0.1) is 17.6 Å². The van der Waals surface area contributed by atoms with Crippen molar-refractivity contribution in [3.8, 4) is 0 Å². The van der Waals surface area contributed by atoms with Crippen LogP contribution in [0.15, 0.2) is 18.2 Å². The molecule has 1 aromatic rings. The van der Waals surface area contributed by atoms with Gasteiger partial charge in [-0.25, -0.2) is 13.6 Å². The Bertz CT molecular complexity index is 572. The second-order valence-corrected chi connectivity index (χ2v) is 5.76. The maximum Gasteiger partial charge on any atom is 0.321 e. The van der Waals surface area contributed by atoms with Crippen LogP contribution >= 0.6 is 0 Å². The highest BCUT2D eigenvalue weighted by Crippen LogP contribution is 2.21. The fraction of sp³-hybridized carbons (Fsp3) is 0.500. The second-order valence-electron chi connectivity index (χ2n) is 5.76. The molecule has 3 amide bonds. The van der Waals surface area contributed by atoms with Gasteiger partial charge in [0.2, 0.25) is 5.91 Å². The van der Waals surface area contributed by atoms with E-state index in [1.165, 1.54) is 6.92 Å². The number of hydrogen-bond acceptors (Lipinski definition) is 2. The van der Waals surface area contributed by atoms with Gasteiger partial charge in [-0.3, -0.25) is 4.79 Å². The van der Waals surface area contributed by atoms with Crippen molar-refractivity contribution in [3.05, 3.63) is 29.8 Å². The molecule has 5 nitrogen and oxygen atoms in total. The fourth-order valence-electron chi connectivity index (χ4n) is 2.66. The number of rotatable bonds is 4. The largest absolute Gasteiger partial charge is 0.356 e. The number of urea groups is 1. The van der Waals surface area contributed by atoms with Crippen molar-refractivity contribution in [2.24, 2.45) is 5.92 Å². The summed E-state index contributed by atoms with van der Waals surface area (Å²) < 4.78 is 26.6. The molecule has 1 aliphatic heterocycles. The molecular weight excluding hydrogens is 304 g/mol. The first-order chi connectivity index (χ1) is 11.0. The van der Waals surface area contributed by atoms with E-state index < -0.39 is 17.7 Å². The first kappa shape index (κ1) is 17.2. The topological polar surface area (TPSA) is 61.4 Å². The summed E-state index contributed by atoms with van der Waals surface area (Å²) in [5.41, 5.74) is -0.150. The molecular formula is C16H21F2N3O2. The summed E-state index contributed by atoms with van der Waals surface area (Å²) in [7, 11) is 0. The van der Waals surface area contributed by atoms with Gasteiger partial charge in [0.25, 0.3) is 0 Å². The van der Waals surface area contributed by atoms with Crippen LogP contribution < -0.4 is 10.6 Å². The van der Waals surface area contributed by atoms with E-state index in [4.69, 9.17) is 0 Å². The smallest absolute Gasteiger partial charge is 0.321 e. The van der Waals surface area contributed by atoms with E-state index >= 15 is 0 Å². The molecule has 1 aliphatic rings. The minimum atomic E-state index is -0.662. The Morgan fingerprint density at radius 3 is 2.61 bits per heavy atom. The van der Waals surface area contributed by atoms with Gasteiger partial charge in [0.05, 0.1) is 5.69 Å². The Hall–Kier alpha value is -2.18. The van der Waals surface area contributed by atoms with Gasteiger partial charge < -0.3 is 15.5 Å². The molecule has 0 aromatic heterocycles. The van der Waals surface area contributed by atoms with Gasteiger partial charge in [-0.15, -0.1) is 0 Å². The number of hydrogen-bond donors (Lipinski definition) is 2. The number of likely N-dealkylation sites (tertiary alicyclic amines) is 1. The molecule has 2 N–H and O–H groups in total. The Morgan fingerprint density at radius 2 is 1.96 bits per heavy atom. The molecule has 0 aliphatic carbocycles. The zero-order valence-electron chi connectivity index (χ0n) is 13.1. The van der Waals surface area contributed by atoms with E-state index in [-0.39, 0.29) is 11.6 Å². The number of anilines is 1. The van der Waals surface area contributed by atoms with Gasteiger partial charge in [0, 0.05) is 32.6 Å². The minimum Gasteiger partial charge on any atom is -0.356 e. The van der Waals surface area contributed by atoms with Gasteiger partial charge in [-0.1, -0.05) is 0 Å². The van der Waals surface area contributed by atoms with Crippen LogP contribution in [0.25, 0.3) is 0 Å². The molecule has 0 spiro atoms. The zero-order valence-corrected chi connectivity index (χ0v) is 13.1. The predicted octanol–water partition coefficient (Wildman–Crippen LogP) is 2.73. The van der Waals surface area contributed by atoms with Crippen LogP contribution in [-0.4, -0.2) is 36.5 Å². The molecule has 126 valence electrons. The Balaban J connectivity index is 1.79. The molecule has 0 bridgehead atoms. The van der Waals surface area contributed by atoms with Gasteiger partial charge in [0.15, 0.2) is 0 Å². The van der Waals surface area contributed by atoms with Crippen molar-refractivity contribution in [2.75, 3.05) is 25.0 Å². The third kappa shape index (κ3) is 5.19. The quantitative estimate of drug-likeness (QED) is 0.894. The molecule has 0 unspecified atom stereocenters. The number of benzene rings is 1. The van der Waals surface area contributed by atoms with E-state index in [1.54, 1.807) is 4.90 Å². The van der Waals surface area contributed by atoms with E-state index in [0.29, 0.717) is 25.6 Å². The second kappa shape index (κ2) is 7.89. The summed E-state index contributed by atoms with van der Waals surface area (Å²) in [6.45, 7) is 3.25. The van der Waals surface area contributed by atoms with Crippen molar-refractivity contribution >= 4 is 17.6 Å². The molecule has 0 saturated carbocycles. The number of nitrogens with zero attached hydrogens (tertiary/aromatic N) is 1. The number of amides is 3. The third-order valence-electron chi connectivity index (χ3n) is 4.00. The lowest BCUT2D eigenvalue weighted by atomic mass is 9.94. The van der Waals surface area contributed by atoms with Crippen LogP contribution in [0.4, 0.5) is 19.3 Å². The number of halogens is 2. The fourth-order valence-corrected chi connectivity index (χ4v) is 2.66. The third-order valence-corrected chi connectivity index (χ3v) is 4.00. The minimum absolute atomic E-state index is 0.0427. The summed E-state index contributed by atoms with van der Waals surface area (Å²) in [5, 5.41) is 5.17. The number of piperidine rings is 1. The molecule has 1 heterocycles. The van der Waals surface area contributed by atoms with Crippen molar-refractivity contribution in [1.82, 2.24) is 10.2 Å². The molecule has 0 radical (unpaired) electrons. The van der Waals surface area contributed by atoms with Crippen molar-refractivity contribution < 1.29 is 18.4 Å². The van der Waals surface area contributed by atoms with Crippen LogP contribution in [-0.2, 0) is 4.79 Å². The van der Waals surface area contributed by atoms with Crippen molar-refractivity contribution in [2.45, 2.75) is 26.2 Å². The maximum absolute atomic E-state index is 13.5. The summed E-state index contributed by atoms with van der Waals surface area (Å²) >= 11 is 0. The lowest BCUT2D eigenvalue weighted by Gasteiger charge is -2.32. The zero-order chi connectivity index (χ0) is 16.8. The van der Waals surface area contributed by atoms with Crippen LogP contribution in [0.5, 0.6) is 0 Å². The Kier molecular flexibility index (Phi) is 5.90. The standard InChI is InChI=1S/C16H21F2N3O2/c1-11(22)19-7-4-12-5-8-21(9-6-12)16(23)20-15-10-13(17)2-3-14(15)18/h2-3,10,12H,4-9H2,1H3,(H,19,22)(H,20,23). The average molecular weight is 325 g/mol. The average Bonchev–Trinajstić information content (AvgIpc) is 2.51. The highest BCUT2D eigenvalue weighted by atomic mass is 19.1. The van der Waals surface area contributed by atoms with E-state index in [2.05, 4.69) is 10.6 Å². The summed E-state index contributed by atoms with van der Waals surface area (Å²) in [6.07, 6.45) is 2.55. The molecule has 1 fully saturated rings. The molecule has 0 atom stereocenters. The molecule has 1 aromatic carbocycles. The molecule has 7 heteroatoms. The molecule has 2 rings (SSSR count). The highest BCUT2D eigenvalue weighted by Gasteiger charge is 2.23. The number of carbonyl (C=O) groups is 2. The number of nitrogens with one attached hydrogen (secondary N) is 2. The summed E-state index contributed by atoms with van der Waals surface area (Å²) in [5.74, 6) is -0.848. The maximum atomic E-state index is 13.5. The van der Waals surface area contributed by atoms with Gasteiger partial charge in [-0.05, 0) is 37.3 Å².